The van der Waals surface area contributed by atoms with Crippen molar-refractivity contribution in [3.8, 4) is 0 Å². The second-order valence-electron chi connectivity index (χ2n) is 2.31. The lowest BCUT2D eigenvalue weighted by atomic mass is 10.2. The van der Waals surface area contributed by atoms with E-state index in [0.29, 0.717) is 6.61 Å². The predicted molar refractivity (Wildman–Crippen MR) is 37.5 cm³/mol. The van der Waals surface area contributed by atoms with E-state index in [9.17, 15) is 8.42 Å². The molecule has 0 rings (SSSR count). The molecule has 10 heavy (non-hydrogen) atoms. The van der Waals surface area contributed by atoms with E-state index in [1.54, 1.807) is 6.92 Å². The first-order valence-corrected chi connectivity index (χ1v) is 4.50. The fourth-order valence-electron chi connectivity index (χ4n) is 0.692. The molecule has 0 aliphatic rings. The Morgan fingerprint density at radius 2 is 2.10 bits per heavy atom. The Bertz CT molecular complexity index is 172. The van der Waals surface area contributed by atoms with E-state index in [-0.39, 0.29) is 11.7 Å². The minimum absolute atomic E-state index is 0.153. The van der Waals surface area contributed by atoms with Gasteiger partial charge in [0, 0.05) is 13.7 Å². The van der Waals surface area contributed by atoms with Crippen LogP contribution in [0.25, 0.3) is 0 Å². The number of ether oxygens (including phenoxy) is 1. The standard InChI is InChI=1S/C5H12O4S/c1-5(3-9-2)4-10(6,7)8/h5H,3-4H2,1-2H3,(H,6,7,8)/t5-/m0/s1. The molecular formula is C5H12O4S. The van der Waals surface area contributed by atoms with Gasteiger partial charge in [-0.05, 0) is 5.92 Å². The zero-order valence-corrected chi connectivity index (χ0v) is 6.89. The average molecular weight is 168 g/mol. The molecule has 62 valence electrons. The number of methoxy groups -OCH3 is 1. The highest BCUT2D eigenvalue weighted by molar-refractivity contribution is 7.85. The molecule has 1 N–H and O–H groups in total. The number of rotatable bonds is 4. The summed E-state index contributed by atoms with van der Waals surface area (Å²) >= 11 is 0. The topological polar surface area (TPSA) is 63.6 Å². The molecule has 4 nitrogen and oxygen atoms in total. The summed E-state index contributed by atoms with van der Waals surface area (Å²) < 4.78 is 33.4. The van der Waals surface area contributed by atoms with Crippen LogP contribution >= 0.6 is 0 Å². The lowest BCUT2D eigenvalue weighted by Crippen LogP contribution is -2.16. The molecule has 0 heterocycles. The van der Waals surface area contributed by atoms with Gasteiger partial charge in [0.25, 0.3) is 10.1 Å². The lowest BCUT2D eigenvalue weighted by molar-refractivity contribution is 0.167. The van der Waals surface area contributed by atoms with Gasteiger partial charge in [0.15, 0.2) is 0 Å². The Kier molecular flexibility index (Phi) is 3.85. The summed E-state index contributed by atoms with van der Waals surface area (Å²) in [5, 5.41) is 0. The smallest absolute Gasteiger partial charge is 0.265 e. The van der Waals surface area contributed by atoms with Gasteiger partial charge in [-0.1, -0.05) is 6.92 Å². The third kappa shape index (κ3) is 6.00. The fourth-order valence-corrected chi connectivity index (χ4v) is 1.51. The normalized spacial score (nSPS) is 15.1. The monoisotopic (exact) mass is 168 g/mol. The molecule has 5 heteroatoms. The van der Waals surface area contributed by atoms with Gasteiger partial charge in [0.05, 0.1) is 5.75 Å². The van der Waals surface area contributed by atoms with Crippen LogP contribution in [0.4, 0.5) is 0 Å². The van der Waals surface area contributed by atoms with Crippen molar-refractivity contribution in [1.82, 2.24) is 0 Å². The van der Waals surface area contributed by atoms with Crippen LogP contribution in [0.1, 0.15) is 6.92 Å². The summed E-state index contributed by atoms with van der Waals surface area (Å²) in [6.07, 6.45) is 0. The maximum Gasteiger partial charge on any atom is 0.265 e. The Morgan fingerprint density at radius 1 is 1.60 bits per heavy atom. The molecular weight excluding hydrogens is 156 g/mol. The molecule has 0 aromatic rings. The third-order valence-corrected chi connectivity index (χ3v) is 1.94. The van der Waals surface area contributed by atoms with E-state index in [1.165, 1.54) is 7.11 Å². The van der Waals surface area contributed by atoms with Crippen molar-refractivity contribution in [3.05, 3.63) is 0 Å². The second kappa shape index (κ2) is 3.90. The van der Waals surface area contributed by atoms with E-state index in [4.69, 9.17) is 4.55 Å². The van der Waals surface area contributed by atoms with Gasteiger partial charge in [0.2, 0.25) is 0 Å². The first-order valence-electron chi connectivity index (χ1n) is 2.90. The summed E-state index contributed by atoms with van der Waals surface area (Å²) in [6, 6.07) is 0. The molecule has 0 aromatic carbocycles. The molecule has 0 unspecified atom stereocenters. The summed E-state index contributed by atoms with van der Waals surface area (Å²) in [6.45, 7) is 2.04. The first kappa shape index (κ1) is 9.87. The van der Waals surface area contributed by atoms with Crippen molar-refractivity contribution >= 4 is 10.1 Å². The van der Waals surface area contributed by atoms with Gasteiger partial charge >= 0.3 is 0 Å². The van der Waals surface area contributed by atoms with E-state index in [0.717, 1.165) is 0 Å². The highest BCUT2D eigenvalue weighted by Gasteiger charge is 2.11. The van der Waals surface area contributed by atoms with Gasteiger partial charge in [-0.3, -0.25) is 4.55 Å². The van der Waals surface area contributed by atoms with Gasteiger partial charge in [-0.25, -0.2) is 0 Å². The van der Waals surface area contributed by atoms with Crippen LogP contribution in [0.5, 0.6) is 0 Å². The summed E-state index contributed by atoms with van der Waals surface area (Å²) in [7, 11) is -2.34. The van der Waals surface area contributed by atoms with Gasteiger partial charge in [-0.15, -0.1) is 0 Å². The Balaban J connectivity index is 3.69. The molecule has 0 spiro atoms. The van der Waals surface area contributed by atoms with E-state index >= 15 is 0 Å². The van der Waals surface area contributed by atoms with Crippen molar-refractivity contribution < 1.29 is 17.7 Å². The first-order chi connectivity index (χ1) is 4.45. The molecule has 0 radical (unpaired) electrons. The number of hydrogen-bond donors (Lipinski definition) is 1. The maximum absolute atomic E-state index is 10.2. The number of hydrogen-bond acceptors (Lipinski definition) is 3. The fraction of sp³-hybridized carbons (Fsp3) is 1.00. The SMILES string of the molecule is COC[C@H](C)CS(=O)(=O)O. The van der Waals surface area contributed by atoms with Crippen LogP contribution in [0, 0.1) is 5.92 Å². The largest absolute Gasteiger partial charge is 0.384 e. The Morgan fingerprint density at radius 3 is 2.40 bits per heavy atom. The van der Waals surface area contributed by atoms with Crippen molar-refractivity contribution in [3.63, 3.8) is 0 Å². The highest BCUT2D eigenvalue weighted by Crippen LogP contribution is 1.98. The Hall–Kier alpha value is -0.130. The van der Waals surface area contributed by atoms with Crippen LogP contribution in [-0.2, 0) is 14.9 Å². The van der Waals surface area contributed by atoms with Gasteiger partial charge in [0.1, 0.15) is 0 Å². The van der Waals surface area contributed by atoms with Crippen molar-refractivity contribution in [2.75, 3.05) is 19.5 Å². The molecule has 0 saturated heterocycles. The van der Waals surface area contributed by atoms with E-state index in [2.05, 4.69) is 4.74 Å². The molecule has 0 saturated carbocycles. The third-order valence-electron chi connectivity index (χ3n) is 0.946. The highest BCUT2D eigenvalue weighted by atomic mass is 32.2. The quantitative estimate of drug-likeness (QED) is 0.607. The molecule has 0 aromatic heterocycles. The molecule has 0 aliphatic heterocycles. The van der Waals surface area contributed by atoms with E-state index in [1.807, 2.05) is 0 Å². The minimum atomic E-state index is -3.83. The summed E-state index contributed by atoms with van der Waals surface area (Å²) in [5.41, 5.74) is 0. The van der Waals surface area contributed by atoms with Crippen LogP contribution in [-0.4, -0.2) is 32.4 Å². The molecule has 0 aliphatic carbocycles. The summed E-state index contributed by atoms with van der Waals surface area (Å²) in [4.78, 5) is 0. The Labute approximate surface area is 60.9 Å². The van der Waals surface area contributed by atoms with Gasteiger partial charge < -0.3 is 4.74 Å². The minimum Gasteiger partial charge on any atom is -0.384 e. The van der Waals surface area contributed by atoms with Crippen molar-refractivity contribution in [2.24, 2.45) is 5.92 Å². The molecule has 1 atom stereocenters. The van der Waals surface area contributed by atoms with E-state index < -0.39 is 10.1 Å². The van der Waals surface area contributed by atoms with Crippen LogP contribution < -0.4 is 0 Å². The lowest BCUT2D eigenvalue weighted by Gasteiger charge is -2.05. The maximum atomic E-state index is 10.2. The van der Waals surface area contributed by atoms with Crippen molar-refractivity contribution in [2.45, 2.75) is 6.92 Å². The van der Waals surface area contributed by atoms with Crippen LogP contribution in [0.2, 0.25) is 0 Å². The van der Waals surface area contributed by atoms with Crippen molar-refractivity contribution in [1.29, 1.82) is 0 Å². The zero-order chi connectivity index (χ0) is 8.20. The molecule has 0 amide bonds. The van der Waals surface area contributed by atoms with Crippen LogP contribution in [0.15, 0.2) is 0 Å². The molecule has 0 fully saturated rings. The summed E-state index contributed by atoms with van der Waals surface area (Å²) in [5.74, 6) is -0.388. The van der Waals surface area contributed by atoms with Crippen LogP contribution in [0.3, 0.4) is 0 Å². The predicted octanol–water partition coefficient (Wildman–Crippen LogP) is 0.157. The second-order valence-corrected chi connectivity index (χ2v) is 3.81. The zero-order valence-electron chi connectivity index (χ0n) is 6.07. The average Bonchev–Trinajstić information content (AvgIpc) is 1.59. The van der Waals surface area contributed by atoms with Gasteiger partial charge in [-0.2, -0.15) is 8.42 Å². The molecule has 0 bridgehead atoms.